The summed E-state index contributed by atoms with van der Waals surface area (Å²) in [5, 5.41) is 11.8. The Hall–Kier alpha value is -2.47. The van der Waals surface area contributed by atoms with E-state index in [1.165, 1.54) is 0 Å². The van der Waals surface area contributed by atoms with Gasteiger partial charge in [-0.2, -0.15) is 0 Å². The summed E-state index contributed by atoms with van der Waals surface area (Å²) in [4.78, 5) is 10.5. The van der Waals surface area contributed by atoms with Crippen molar-refractivity contribution in [3.63, 3.8) is 0 Å². The van der Waals surface area contributed by atoms with Gasteiger partial charge in [-0.05, 0) is 30.8 Å². The van der Waals surface area contributed by atoms with Gasteiger partial charge < -0.3 is 10.9 Å². The van der Waals surface area contributed by atoms with Crippen molar-refractivity contribution in [2.45, 2.75) is 13.1 Å². The number of hydrogen-bond acceptors (Lipinski definition) is 5. The molecule has 0 unspecified atom stereocenters. The maximum atomic E-state index is 8.78. The number of aromatic nitrogens is 2. The first-order valence-corrected chi connectivity index (χ1v) is 6.21. The zero-order valence-corrected chi connectivity index (χ0v) is 11.3. The molecule has 0 saturated carbocycles. The molecule has 2 aromatic rings. The molecule has 6 nitrogen and oxygen atoms in total. The van der Waals surface area contributed by atoms with E-state index < -0.39 is 0 Å². The molecule has 104 valence electrons. The Kier molecular flexibility index (Phi) is 4.62. The molecule has 2 heterocycles. The summed E-state index contributed by atoms with van der Waals surface area (Å²) in [6.45, 7) is 1.35. The van der Waals surface area contributed by atoms with Crippen molar-refractivity contribution in [1.29, 1.82) is 0 Å². The highest BCUT2D eigenvalue weighted by Crippen LogP contribution is 2.10. The van der Waals surface area contributed by atoms with Gasteiger partial charge in [0.15, 0.2) is 5.84 Å². The molecule has 2 aromatic heterocycles. The summed E-state index contributed by atoms with van der Waals surface area (Å²) in [6.07, 6.45) is 3.39. The number of nitrogens with two attached hydrogens (primary N) is 1. The van der Waals surface area contributed by atoms with Crippen molar-refractivity contribution in [2.75, 3.05) is 7.05 Å². The Balaban J connectivity index is 2.10. The third kappa shape index (κ3) is 3.52. The van der Waals surface area contributed by atoms with Crippen molar-refractivity contribution < 1.29 is 5.21 Å². The lowest BCUT2D eigenvalue weighted by molar-refractivity contribution is 0.312. The lowest BCUT2D eigenvalue weighted by Crippen LogP contribution is -2.23. The number of hydrogen-bond donors (Lipinski definition) is 2. The highest BCUT2D eigenvalue weighted by molar-refractivity contribution is 5.96. The molecule has 0 aliphatic heterocycles. The van der Waals surface area contributed by atoms with Crippen LogP contribution in [0.1, 0.15) is 17.0 Å². The Labute approximate surface area is 117 Å². The molecular weight excluding hydrogens is 254 g/mol. The summed E-state index contributed by atoms with van der Waals surface area (Å²) in [6, 6.07) is 9.57. The molecule has 0 aromatic carbocycles. The van der Waals surface area contributed by atoms with Gasteiger partial charge in [0.1, 0.15) is 5.69 Å². The van der Waals surface area contributed by atoms with Gasteiger partial charge >= 0.3 is 0 Å². The van der Waals surface area contributed by atoms with E-state index >= 15 is 0 Å². The van der Waals surface area contributed by atoms with Crippen LogP contribution in [-0.4, -0.2) is 33.0 Å². The van der Waals surface area contributed by atoms with Crippen LogP contribution in [0, 0.1) is 0 Å². The summed E-state index contributed by atoms with van der Waals surface area (Å²) in [5.74, 6) is 0.0202. The molecule has 0 amide bonds. The molecule has 0 aliphatic rings. The Morgan fingerprint density at radius 2 is 2.00 bits per heavy atom. The van der Waals surface area contributed by atoms with E-state index in [0.29, 0.717) is 18.8 Å². The molecule has 3 N–H and O–H groups in total. The molecule has 2 rings (SSSR count). The van der Waals surface area contributed by atoms with Gasteiger partial charge in [0.25, 0.3) is 0 Å². The summed E-state index contributed by atoms with van der Waals surface area (Å²) >= 11 is 0. The first-order valence-electron chi connectivity index (χ1n) is 6.21. The number of oxime groups is 1. The molecule has 0 spiro atoms. The van der Waals surface area contributed by atoms with Gasteiger partial charge in [-0.1, -0.05) is 17.3 Å². The molecule has 0 radical (unpaired) electrons. The van der Waals surface area contributed by atoms with E-state index in [0.717, 1.165) is 11.3 Å². The fourth-order valence-corrected chi connectivity index (χ4v) is 1.96. The fraction of sp³-hybridized carbons (Fsp3) is 0.214. The third-order valence-corrected chi connectivity index (χ3v) is 2.84. The van der Waals surface area contributed by atoms with Gasteiger partial charge in [0, 0.05) is 25.5 Å². The van der Waals surface area contributed by atoms with Crippen LogP contribution in [0.2, 0.25) is 0 Å². The normalized spacial score (nSPS) is 11.8. The van der Waals surface area contributed by atoms with Gasteiger partial charge in [-0.3, -0.25) is 14.9 Å². The summed E-state index contributed by atoms with van der Waals surface area (Å²) < 4.78 is 0. The number of nitrogens with zero attached hydrogens (tertiary/aromatic N) is 4. The fourth-order valence-electron chi connectivity index (χ4n) is 1.96. The van der Waals surface area contributed by atoms with Crippen LogP contribution in [0.4, 0.5) is 0 Å². The smallest absolute Gasteiger partial charge is 0.189 e. The SMILES string of the molecule is CN(Cc1ccccn1)Cc1cccnc1C(N)=NO. The van der Waals surface area contributed by atoms with Gasteiger partial charge in [-0.15, -0.1) is 0 Å². The van der Waals surface area contributed by atoms with E-state index in [2.05, 4.69) is 20.0 Å². The van der Waals surface area contributed by atoms with Crippen LogP contribution in [0.25, 0.3) is 0 Å². The zero-order chi connectivity index (χ0) is 14.4. The molecule has 20 heavy (non-hydrogen) atoms. The largest absolute Gasteiger partial charge is 0.409 e. The zero-order valence-electron chi connectivity index (χ0n) is 11.3. The molecular formula is C14H17N5O. The van der Waals surface area contributed by atoms with Crippen LogP contribution < -0.4 is 5.73 Å². The van der Waals surface area contributed by atoms with Gasteiger partial charge in [0.2, 0.25) is 0 Å². The molecule has 0 bridgehead atoms. The van der Waals surface area contributed by atoms with E-state index in [1.54, 1.807) is 12.4 Å². The Morgan fingerprint density at radius 3 is 2.70 bits per heavy atom. The molecule has 6 heteroatoms. The molecule has 0 fully saturated rings. The second-order valence-corrected chi connectivity index (χ2v) is 4.49. The van der Waals surface area contributed by atoms with E-state index in [9.17, 15) is 0 Å². The van der Waals surface area contributed by atoms with Crippen LogP contribution >= 0.6 is 0 Å². The minimum Gasteiger partial charge on any atom is -0.409 e. The number of amidine groups is 1. The third-order valence-electron chi connectivity index (χ3n) is 2.84. The van der Waals surface area contributed by atoms with Crippen LogP contribution in [0.3, 0.4) is 0 Å². The Bertz CT molecular complexity index is 585. The van der Waals surface area contributed by atoms with E-state index in [4.69, 9.17) is 10.9 Å². The predicted octanol–water partition coefficient (Wildman–Crippen LogP) is 1.20. The van der Waals surface area contributed by atoms with E-state index in [1.807, 2.05) is 37.4 Å². The minimum atomic E-state index is 0.0202. The minimum absolute atomic E-state index is 0.0202. The van der Waals surface area contributed by atoms with Gasteiger partial charge in [0.05, 0.1) is 5.69 Å². The quantitative estimate of drug-likeness (QED) is 0.369. The molecule has 0 saturated heterocycles. The van der Waals surface area contributed by atoms with E-state index in [-0.39, 0.29) is 5.84 Å². The average Bonchev–Trinajstić information content (AvgIpc) is 2.48. The van der Waals surface area contributed by atoms with Gasteiger partial charge in [-0.25, -0.2) is 0 Å². The number of rotatable bonds is 5. The highest BCUT2D eigenvalue weighted by Gasteiger charge is 2.10. The maximum Gasteiger partial charge on any atom is 0.189 e. The lowest BCUT2D eigenvalue weighted by atomic mass is 10.1. The highest BCUT2D eigenvalue weighted by atomic mass is 16.4. The average molecular weight is 271 g/mol. The Morgan fingerprint density at radius 1 is 1.20 bits per heavy atom. The van der Waals surface area contributed by atoms with Crippen molar-refractivity contribution in [1.82, 2.24) is 14.9 Å². The molecule has 0 aliphatic carbocycles. The van der Waals surface area contributed by atoms with Crippen molar-refractivity contribution in [3.05, 3.63) is 59.7 Å². The van der Waals surface area contributed by atoms with Crippen molar-refractivity contribution in [2.24, 2.45) is 10.9 Å². The van der Waals surface area contributed by atoms with Crippen molar-refractivity contribution >= 4 is 5.84 Å². The number of pyridine rings is 2. The standard InChI is InChI=1S/C14H17N5O/c1-19(10-12-6-2-3-7-16-12)9-11-5-4-8-17-13(11)14(15)18-20/h2-8,20H,9-10H2,1H3,(H2,15,18). The second kappa shape index (κ2) is 6.63. The summed E-state index contributed by atoms with van der Waals surface area (Å²) in [5.41, 5.74) is 8.03. The van der Waals surface area contributed by atoms with Crippen LogP contribution in [0.5, 0.6) is 0 Å². The summed E-state index contributed by atoms with van der Waals surface area (Å²) in [7, 11) is 1.98. The topological polar surface area (TPSA) is 87.6 Å². The first kappa shape index (κ1) is 14.0. The lowest BCUT2D eigenvalue weighted by Gasteiger charge is -2.17. The second-order valence-electron chi connectivity index (χ2n) is 4.49. The van der Waals surface area contributed by atoms with Crippen LogP contribution in [0.15, 0.2) is 47.9 Å². The van der Waals surface area contributed by atoms with Crippen LogP contribution in [-0.2, 0) is 13.1 Å². The first-order chi connectivity index (χ1) is 9.70. The maximum absolute atomic E-state index is 8.78. The molecule has 0 atom stereocenters. The van der Waals surface area contributed by atoms with Crippen molar-refractivity contribution in [3.8, 4) is 0 Å². The predicted molar refractivity (Wildman–Crippen MR) is 76.2 cm³/mol. The monoisotopic (exact) mass is 271 g/mol.